The van der Waals surface area contributed by atoms with E-state index in [0.29, 0.717) is 17.4 Å². The van der Waals surface area contributed by atoms with Crippen LogP contribution in [0, 0.1) is 18.7 Å². The summed E-state index contributed by atoms with van der Waals surface area (Å²) in [6.07, 6.45) is 0. The third-order valence-electron chi connectivity index (χ3n) is 2.32. The molecule has 0 saturated carbocycles. The van der Waals surface area contributed by atoms with Crippen LogP contribution in [0.4, 0.5) is 4.39 Å². The van der Waals surface area contributed by atoms with Gasteiger partial charge in [-0.25, -0.2) is 17.5 Å². The molecular formula is C11H15BrFNO2S. The van der Waals surface area contributed by atoms with Gasteiger partial charge in [0.25, 0.3) is 0 Å². The van der Waals surface area contributed by atoms with Crippen molar-refractivity contribution in [1.82, 2.24) is 4.72 Å². The van der Waals surface area contributed by atoms with E-state index < -0.39 is 15.8 Å². The molecule has 0 saturated heterocycles. The minimum Gasteiger partial charge on any atom is -0.211 e. The Balaban J connectivity index is 2.93. The molecule has 0 radical (unpaired) electrons. The second-order valence-corrected chi connectivity index (χ2v) is 6.40. The molecule has 0 bridgehead atoms. The Hall–Kier alpha value is -0.460. The minimum atomic E-state index is -3.63. The second-order valence-electron chi connectivity index (χ2n) is 4.02. The van der Waals surface area contributed by atoms with Gasteiger partial charge in [0.05, 0.1) is 4.90 Å². The zero-order valence-electron chi connectivity index (χ0n) is 9.70. The molecule has 1 atom stereocenters. The van der Waals surface area contributed by atoms with Gasteiger partial charge in [-0.3, -0.25) is 0 Å². The molecule has 1 unspecified atom stereocenters. The summed E-state index contributed by atoms with van der Waals surface area (Å²) in [6, 6.07) is 3.74. The van der Waals surface area contributed by atoms with Crippen molar-refractivity contribution in [2.45, 2.75) is 18.7 Å². The molecule has 0 aromatic heterocycles. The van der Waals surface area contributed by atoms with Crippen molar-refractivity contribution in [3.63, 3.8) is 0 Å². The molecule has 1 aromatic carbocycles. The maximum Gasteiger partial charge on any atom is 0.240 e. The van der Waals surface area contributed by atoms with E-state index in [2.05, 4.69) is 20.7 Å². The normalized spacial score (nSPS) is 13.6. The number of halogens is 2. The Bertz CT molecular complexity index is 490. The van der Waals surface area contributed by atoms with Crippen molar-refractivity contribution >= 4 is 26.0 Å². The van der Waals surface area contributed by atoms with E-state index in [1.54, 1.807) is 6.92 Å². The Morgan fingerprint density at radius 1 is 1.47 bits per heavy atom. The Labute approximate surface area is 110 Å². The first kappa shape index (κ1) is 14.6. The van der Waals surface area contributed by atoms with Crippen molar-refractivity contribution in [1.29, 1.82) is 0 Å². The summed E-state index contributed by atoms with van der Waals surface area (Å²) >= 11 is 3.27. The SMILES string of the molecule is Cc1ccc(F)cc1S(=O)(=O)NCC(C)CBr. The molecule has 0 heterocycles. The fraction of sp³-hybridized carbons (Fsp3) is 0.455. The fourth-order valence-corrected chi connectivity index (χ4v) is 2.90. The summed E-state index contributed by atoms with van der Waals surface area (Å²) in [7, 11) is -3.63. The lowest BCUT2D eigenvalue weighted by molar-refractivity contribution is 0.560. The summed E-state index contributed by atoms with van der Waals surface area (Å²) in [5, 5.41) is 0.706. The van der Waals surface area contributed by atoms with Gasteiger partial charge in [0.1, 0.15) is 5.82 Å². The molecule has 0 aliphatic rings. The standard InChI is InChI=1S/C11H15BrFNO2S/c1-8(6-12)7-14-17(15,16)11-5-10(13)4-3-9(11)2/h3-5,8,14H,6-7H2,1-2H3. The van der Waals surface area contributed by atoms with Gasteiger partial charge in [-0.05, 0) is 30.5 Å². The predicted octanol–water partition coefficient (Wildman–Crippen LogP) is 2.44. The highest BCUT2D eigenvalue weighted by atomic mass is 79.9. The van der Waals surface area contributed by atoms with Gasteiger partial charge in [0.15, 0.2) is 0 Å². The zero-order valence-corrected chi connectivity index (χ0v) is 12.1. The van der Waals surface area contributed by atoms with Gasteiger partial charge in [0, 0.05) is 11.9 Å². The van der Waals surface area contributed by atoms with Gasteiger partial charge in [-0.2, -0.15) is 0 Å². The van der Waals surface area contributed by atoms with E-state index in [1.807, 2.05) is 6.92 Å². The lowest BCUT2D eigenvalue weighted by Crippen LogP contribution is -2.29. The first-order valence-electron chi connectivity index (χ1n) is 5.18. The highest BCUT2D eigenvalue weighted by molar-refractivity contribution is 9.09. The Morgan fingerprint density at radius 2 is 2.12 bits per heavy atom. The molecule has 0 amide bonds. The van der Waals surface area contributed by atoms with E-state index in [-0.39, 0.29) is 10.8 Å². The van der Waals surface area contributed by atoms with Crippen LogP contribution in [0.3, 0.4) is 0 Å². The topological polar surface area (TPSA) is 46.2 Å². The maximum atomic E-state index is 13.0. The molecule has 96 valence electrons. The number of nitrogens with one attached hydrogen (secondary N) is 1. The molecule has 6 heteroatoms. The highest BCUT2D eigenvalue weighted by Gasteiger charge is 2.17. The van der Waals surface area contributed by atoms with Crippen molar-refractivity contribution in [2.75, 3.05) is 11.9 Å². The monoisotopic (exact) mass is 323 g/mol. The number of rotatable bonds is 5. The Morgan fingerprint density at radius 3 is 2.71 bits per heavy atom. The van der Waals surface area contributed by atoms with Crippen LogP contribution in [0.1, 0.15) is 12.5 Å². The van der Waals surface area contributed by atoms with E-state index >= 15 is 0 Å². The van der Waals surface area contributed by atoms with Crippen LogP contribution in [0.15, 0.2) is 23.1 Å². The number of hydrogen-bond acceptors (Lipinski definition) is 2. The summed E-state index contributed by atoms with van der Waals surface area (Å²) in [4.78, 5) is -0.000674. The molecule has 1 aromatic rings. The average molecular weight is 324 g/mol. The van der Waals surface area contributed by atoms with Crippen LogP contribution >= 0.6 is 15.9 Å². The number of aryl methyl sites for hydroxylation is 1. The highest BCUT2D eigenvalue weighted by Crippen LogP contribution is 2.16. The molecule has 1 N–H and O–H groups in total. The largest absolute Gasteiger partial charge is 0.240 e. The zero-order chi connectivity index (χ0) is 13.1. The van der Waals surface area contributed by atoms with Crippen LogP contribution < -0.4 is 4.72 Å². The summed E-state index contributed by atoms with van der Waals surface area (Å²) in [6.45, 7) is 3.88. The molecule has 1 rings (SSSR count). The number of benzene rings is 1. The minimum absolute atomic E-state index is 0.000674. The Kier molecular flexibility index (Phi) is 5.09. The first-order chi connectivity index (χ1) is 7.86. The smallest absolute Gasteiger partial charge is 0.211 e. The third-order valence-corrected chi connectivity index (χ3v) is 5.00. The molecule has 17 heavy (non-hydrogen) atoms. The van der Waals surface area contributed by atoms with Crippen molar-refractivity contribution in [3.8, 4) is 0 Å². The van der Waals surface area contributed by atoms with Gasteiger partial charge in [0.2, 0.25) is 10.0 Å². The van der Waals surface area contributed by atoms with Crippen LogP contribution in [-0.2, 0) is 10.0 Å². The lowest BCUT2D eigenvalue weighted by Gasteiger charge is -2.12. The van der Waals surface area contributed by atoms with Crippen molar-refractivity contribution < 1.29 is 12.8 Å². The van der Waals surface area contributed by atoms with E-state index in [1.165, 1.54) is 12.1 Å². The number of alkyl halides is 1. The molecular weight excluding hydrogens is 309 g/mol. The molecule has 0 aliphatic heterocycles. The van der Waals surface area contributed by atoms with Gasteiger partial charge >= 0.3 is 0 Å². The number of hydrogen-bond donors (Lipinski definition) is 1. The second kappa shape index (κ2) is 5.93. The predicted molar refractivity (Wildman–Crippen MR) is 69.3 cm³/mol. The maximum absolute atomic E-state index is 13.0. The van der Waals surface area contributed by atoms with Gasteiger partial charge in [-0.15, -0.1) is 0 Å². The van der Waals surface area contributed by atoms with Crippen LogP contribution in [0.5, 0.6) is 0 Å². The van der Waals surface area contributed by atoms with Crippen LogP contribution in [-0.4, -0.2) is 20.3 Å². The van der Waals surface area contributed by atoms with Crippen molar-refractivity contribution in [2.24, 2.45) is 5.92 Å². The summed E-state index contributed by atoms with van der Waals surface area (Å²) in [5.74, 6) is -0.372. The molecule has 0 fully saturated rings. The van der Waals surface area contributed by atoms with Crippen LogP contribution in [0.2, 0.25) is 0 Å². The van der Waals surface area contributed by atoms with Gasteiger partial charge < -0.3 is 0 Å². The average Bonchev–Trinajstić information content (AvgIpc) is 2.29. The van der Waals surface area contributed by atoms with Crippen molar-refractivity contribution in [3.05, 3.63) is 29.6 Å². The number of sulfonamides is 1. The summed E-state index contributed by atoms with van der Waals surface area (Å²) in [5.41, 5.74) is 0.533. The van der Waals surface area contributed by atoms with E-state index in [4.69, 9.17) is 0 Å². The van der Waals surface area contributed by atoms with Crippen LogP contribution in [0.25, 0.3) is 0 Å². The van der Waals surface area contributed by atoms with E-state index in [9.17, 15) is 12.8 Å². The third kappa shape index (κ3) is 4.04. The lowest BCUT2D eigenvalue weighted by atomic mass is 10.2. The molecule has 3 nitrogen and oxygen atoms in total. The van der Waals surface area contributed by atoms with Gasteiger partial charge in [-0.1, -0.05) is 28.9 Å². The quantitative estimate of drug-likeness (QED) is 0.846. The van der Waals surface area contributed by atoms with E-state index in [0.717, 1.165) is 6.07 Å². The summed E-state index contributed by atoms with van der Waals surface area (Å²) < 4.78 is 39.4. The molecule has 0 spiro atoms. The first-order valence-corrected chi connectivity index (χ1v) is 7.79. The fourth-order valence-electron chi connectivity index (χ4n) is 1.25. The molecule has 0 aliphatic carbocycles.